The number of nitrogens with two attached hydrogens (primary N) is 1. The van der Waals surface area contributed by atoms with E-state index in [9.17, 15) is 0 Å². The van der Waals surface area contributed by atoms with Crippen molar-refractivity contribution in [1.29, 1.82) is 5.41 Å². The van der Waals surface area contributed by atoms with Crippen molar-refractivity contribution in [2.24, 2.45) is 5.73 Å². The van der Waals surface area contributed by atoms with Crippen LogP contribution in [0.1, 0.15) is 13.8 Å². The second-order valence-electron chi connectivity index (χ2n) is 1.57. The first-order valence-corrected chi connectivity index (χ1v) is 2.12. The van der Waals surface area contributed by atoms with E-state index in [0.717, 1.165) is 0 Å². The minimum Gasteiger partial charge on any atom is -0.402 e. The Hall–Kier alpha value is -0.790. The Morgan fingerprint density at radius 1 is 1.57 bits per heavy atom. The van der Waals surface area contributed by atoms with Crippen LogP contribution in [-0.2, 0) is 0 Å². The second-order valence-corrected chi connectivity index (χ2v) is 1.57. The normalized spacial score (nSPS) is 11.4. The van der Waals surface area contributed by atoms with Crippen LogP contribution in [0.5, 0.6) is 0 Å². The van der Waals surface area contributed by atoms with Crippen LogP contribution in [0.3, 0.4) is 0 Å². The third-order valence-corrected chi connectivity index (χ3v) is 0.444. The maximum Gasteiger partial charge on any atom is 0.0299 e. The summed E-state index contributed by atoms with van der Waals surface area (Å²) in [4.78, 5) is 0. The van der Waals surface area contributed by atoms with Crippen LogP contribution in [0.25, 0.3) is 0 Å². The van der Waals surface area contributed by atoms with Crippen LogP contribution >= 0.6 is 0 Å². The van der Waals surface area contributed by atoms with E-state index in [2.05, 4.69) is 0 Å². The van der Waals surface area contributed by atoms with Crippen molar-refractivity contribution in [3.8, 4) is 0 Å². The highest BCUT2D eigenvalue weighted by molar-refractivity contribution is 5.90. The zero-order valence-electron chi connectivity index (χ0n) is 4.65. The summed E-state index contributed by atoms with van der Waals surface area (Å²) < 4.78 is 0. The van der Waals surface area contributed by atoms with Crippen LogP contribution in [0.2, 0.25) is 0 Å². The molecule has 0 atom stereocenters. The molecule has 0 aromatic carbocycles. The molecule has 0 aromatic heterocycles. The van der Waals surface area contributed by atoms with Crippen LogP contribution in [0, 0.1) is 5.41 Å². The van der Waals surface area contributed by atoms with Gasteiger partial charge in [0, 0.05) is 11.4 Å². The SMILES string of the molecule is CC(=N)/C=C(\C)N. The minimum absolute atomic E-state index is 0.500. The summed E-state index contributed by atoms with van der Waals surface area (Å²) in [5.41, 5.74) is 6.40. The highest BCUT2D eigenvalue weighted by atomic mass is 14.5. The molecule has 0 unspecified atom stereocenters. The van der Waals surface area contributed by atoms with Gasteiger partial charge in [-0.05, 0) is 19.9 Å². The molecule has 0 bridgehead atoms. The molecule has 0 spiro atoms. The molecule has 0 amide bonds. The summed E-state index contributed by atoms with van der Waals surface area (Å²) in [5, 5.41) is 6.87. The van der Waals surface area contributed by atoms with Crippen molar-refractivity contribution in [3.05, 3.63) is 11.8 Å². The number of hydrogen-bond acceptors (Lipinski definition) is 2. The Labute approximate surface area is 43.5 Å². The molecule has 0 rings (SSSR count). The Morgan fingerprint density at radius 3 is 2.00 bits per heavy atom. The van der Waals surface area contributed by atoms with Gasteiger partial charge in [0.25, 0.3) is 0 Å². The van der Waals surface area contributed by atoms with E-state index in [1.54, 1.807) is 19.9 Å². The molecular formula is C5H10N2. The Kier molecular flexibility index (Phi) is 2.12. The smallest absolute Gasteiger partial charge is 0.0299 e. The Morgan fingerprint density at radius 2 is 2.00 bits per heavy atom. The standard InChI is InChI=1S/C5H10N2/c1-4(6)3-5(2)7/h3,6H,7H2,1-2H3/b5-3+,6-4?. The second kappa shape index (κ2) is 2.39. The molecule has 2 heteroatoms. The molecule has 0 saturated carbocycles. The lowest BCUT2D eigenvalue weighted by molar-refractivity contribution is 1.31. The van der Waals surface area contributed by atoms with Crippen molar-refractivity contribution in [2.75, 3.05) is 0 Å². The minimum atomic E-state index is 0.500. The van der Waals surface area contributed by atoms with Gasteiger partial charge in [-0.15, -0.1) is 0 Å². The molecule has 3 N–H and O–H groups in total. The summed E-state index contributed by atoms with van der Waals surface area (Å²) in [6, 6.07) is 0. The van der Waals surface area contributed by atoms with Gasteiger partial charge >= 0.3 is 0 Å². The molecule has 40 valence electrons. The van der Waals surface area contributed by atoms with Crippen molar-refractivity contribution in [1.82, 2.24) is 0 Å². The molecular weight excluding hydrogens is 88.1 g/mol. The predicted molar refractivity (Wildman–Crippen MR) is 31.3 cm³/mol. The first-order chi connectivity index (χ1) is 3.13. The van der Waals surface area contributed by atoms with E-state index in [0.29, 0.717) is 11.4 Å². The quantitative estimate of drug-likeness (QED) is 0.470. The van der Waals surface area contributed by atoms with Crippen molar-refractivity contribution in [3.63, 3.8) is 0 Å². The molecule has 0 aliphatic carbocycles. The lowest BCUT2D eigenvalue weighted by atomic mass is 10.3. The first kappa shape index (κ1) is 6.21. The van der Waals surface area contributed by atoms with Gasteiger partial charge in [-0.2, -0.15) is 0 Å². The van der Waals surface area contributed by atoms with E-state index in [1.165, 1.54) is 0 Å². The molecule has 0 aliphatic rings. The van der Waals surface area contributed by atoms with E-state index >= 15 is 0 Å². The maximum absolute atomic E-state index is 6.87. The fourth-order valence-electron chi connectivity index (χ4n) is 0.342. The molecule has 0 aliphatic heterocycles. The number of hydrogen-bond donors (Lipinski definition) is 2. The van der Waals surface area contributed by atoms with Crippen LogP contribution in [0.15, 0.2) is 11.8 Å². The fraction of sp³-hybridized carbons (Fsp3) is 0.400. The average Bonchev–Trinajstić information content (AvgIpc) is 1.27. The zero-order chi connectivity index (χ0) is 5.86. The lowest BCUT2D eigenvalue weighted by Gasteiger charge is -1.84. The fourth-order valence-corrected chi connectivity index (χ4v) is 0.342. The first-order valence-electron chi connectivity index (χ1n) is 2.12. The monoisotopic (exact) mass is 98.1 g/mol. The maximum atomic E-state index is 6.87. The molecule has 0 aromatic rings. The van der Waals surface area contributed by atoms with Crippen molar-refractivity contribution in [2.45, 2.75) is 13.8 Å². The molecule has 7 heavy (non-hydrogen) atoms. The van der Waals surface area contributed by atoms with Gasteiger partial charge in [0.2, 0.25) is 0 Å². The summed E-state index contributed by atoms with van der Waals surface area (Å²) in [7, 11) is 0. The van der Waals surface area contributed by atoms with Crippen LogP contribution in [-0.4, -0.2) is 5.71 Å². The lowest BCUT2D eigenvalue weighted by Crippen LogP contribution is -1.93. The van der Waals surface area contributed by atoms with Gasteiger partial charge < -0.3 is 11.1 Å². The third-order valence-electron chi connectivity index (χ3n) is 0.444. The molecule has 0 saturated heterocycles. The van der Waals surface area contributed by atoms with Crippen molar-refractivity contribution >= 4 is 5.71 Å². The van der Waals surface area contributed by atoms with Crippen LogP contribution in [0.4, 0.5) is 0 Å². The molecule has 0 radical (unpaired) electrons. The highest BCUT2D eigenvalue weighted by Gasteiger charge is 1.76. The largest absolute Gasteiger partial charge is 0.402 e. The zero-order valence-corrected chi connectivity index (χ0v) is 4.65. The van der Waals surface area contributed by atoms with Crippen LogP contribution < -0.4 is 5.73 Å². The molecule has 0 heterocycles. The van der Waals surface area contributed by atoms with Gasteiger partial charge in [0.05, 0.1) is 0 Å². The number of nitrogens with one attached hydrogen (secondary N) is 1. The Bertz CT molecular complexity index is 98.6. The Balaban J connectivity index is 3.68. The third kappa shape index (κ3) is 5.21. The highest BCUT2D eigenvalue weighted by Crippen LogP contribution is 1.78. The van der Waals surface area contributed by atoms with Gasteiger partial charge in [-0.25, -0.2) is 0 Å². The summed E-state index contributed by atoms with van der Waals surface area (Å²) in [5.74, 6) is 0. The summed E-state index contributed by atoms with van der Waals surface area (Å²) in [6.45, 7) is 3.45. The number of rotatable bonds is 1. The predicted octanol–water partition coefficient (Wildman–Crippen LogP) is 0.889. The number of allylic oxidation sites excluding steroid dienone is 2. The molecule has 0 fully saturated rings. The van der Waals surface area contributed by atoms with Gasteiger partial charge in [-0.3, -0.25) is 0 Å². The molecule has 2 nitrogen and oxygen atoms in total. The van der Waals surface area contributed by atoms with Gasteiger partial charge in [0.15, 0.2) is 0 Å². The van der Waals surface area contributed by atoms with E-state index in [-0.39, 0.29) is 0 Å². The van der Waals surface area contributed by atoms with E-state index in [1.807, 2.05) is 0 Å². The summed E-state index contributed by atoms with van der Waals surface area (Å²) in [6.07, 6.45) is 1.61. The van der Waals surface area contributed by atoms with Gasteiger partial charge in [0.1, 0.15) is 0 Å². The summed E-state index contributed by atoms with van der Waals surface area (Å²) >= 11 is 0. The van der Waals surface area contributed by atoms with E-state index in [4.69, 9.17) is 11.1 Å². The average molecular weight is 98.1 g/mol. The topological polar surface area (TPSA) is 49.9 Å². The van der Waals surface area contributed by atoms with Crippen molar-refractivity contribution < 1.29 is 0 Å². The van der Waals surface area contributed by atoms with Gasteiger partial charge in [-0.1, -0.05) is 0 Å². The van der Waals surface area contributed by atoms with E-state index < -0.39 is 0 Å².